The lowest BCUT2D eigenvalue weighted by atomic mass is 10.1. The van der Waals surface area contributed by atoms with Gasteiger partial charge in [-0.3, -0.25) is 4.79 Å². The first-order valence-corrected chi connectivity index (χ1v) is 7.87. The minimum Gasteiger partial charge on any atom is -0.490 e. The van der Waals surface area contributed by atoms with E-state index in [0.717, 1.165) is 12.1 Å². The fourth-order valence-corrected chi connectivity index (χ4v) is 2.37. The van der Waals surface area contributed by atoms with Gasteiger partial charge in [-0.05, 0) is 24.6 Å². The maximum atomic E-state index is 12.4. The molecule has 0 aromatic heterocycles. The molecule has 1 amide bonds. The second-order valence-corrected chi connectivity index (χ2v) is 5.30. The van der Waals surface area contributed by atoms with E-state index in [1.54, 1.807) is 19.1 Å². The lowest BCUT2D eigenvalue weighted by Gasteiger charge is -2.23. The van der Waals surface area contributed by atoms with Crippen LogP contribution in [-0.4, -0.2) is 44.9 Å². The lowest BCUT2D eigenvalue weighted by Crippen LogP contribution is -2.44. The molecule has 0 radical (unpaired) electrons. The van der Waals surface area contributed by atoms with Crippen molar-refractivity contribution in [3.05, 3.63) is 23.8 Å². The quantitative estimate of drug-likeness (QED) is 0.751. The summed E-state index contributed by atoms with van der Waals surface area (Å²) in [5, 5.41) is 6.00. The molecule has 0 aliphatic carbocycles. The van der Waals surface area contributed by atoms with E-state index in [-0.39, 0.29) is 30.0 Å². The number of ether oxygens (including phenoxy) is 3. The molecule has 24 heavy (non-hydrogen) atoms. The van der Waals surface area contributed by atoms with Gasteiger partial charge >= 0.3 is 6.61 Å². The third kappa shape index (κ3) is 5.93. The number of halogens is 2. The highest BCUT2D eigenvalue weighted by molar-refractivity contribution is 5.76. The minimum absolute atomic E-state index is 0.0135. The molecule has 2 N–H and O–H groups in total. The van der Waals surface area contributed by atoms with E-state index in [2.05, 4.69) is 15.4 Å². The molecule has 1 aromatic rings. The minimum atomic E-state index is -2.92. The first kappa shape index (κ1) is 18.4. The van der Waals surface area contributed by atoms with Crippen molar-refractivity contribution in [1.29, 1.82) is 0 Å². The normalized spacial score (nSPS) is 17.6. The Morgan fingerprint density at radius 3 is 2.96 bits per heavy atom. The Morgan fingerprint density at radius 1 is 1.46 bits per heavy atom. The molecule has 1 saturated heterocycles. The number of morpholine rings is 1. The van der Waals surface area contributed by atoms with Crippen LogP contribution in [0.15, 0.2) is 18.2 Å². The molecule has 134 valence electrons. The molecule has 1 atom stereocenters. The molecule has 2 rings (SSSR count). The topological polar surface area (TPSA) is 68.8 Å². The van der Waals surface area contributed by atoms with E-state index in [1.807, 2.05) is 0 Å². The molecule has 0 spiro atoms. The van der Waals surface area contributed by atoms with E-state index in [4.69, 9.17) is 9.47 Å². The maximum Gasteiger partial charge on any atom is 0.387 e. The third-order valence-electron chi connectivity index (χ3n) is 3.44. The predicted molar refractivity (Wildman–Crippen MR) is 83.3 cm³/mol. The van der Waals surface area contributed by atoms with Crippen molar-refractivity contribution in [2.45, 2.75) is 32.5 Å². The molecule has 0 saturated carbocycles. The molecule has 6 nitrogen and oxygen atoms in total. The first-order valence-electron chi connectivity index (χ1n) is 7.87. The van der Waals surface area contributed by atoms with E-state index in [9.17, 15) is 13.6 Å². The van der Waals surface area contributed by atoms with Gasteiger partial charge in [0.1, 0.15) is 0 Å². The van der Waals surface area contributed by atoms with Crippen LogP contribution in [0.25, 0.3) is 0 Å². The van der Waals surface area contributed by atoms with Crippen molar-refractivity contribution in [1.82, 2.24) is 10.6 Å². The van der Waals surface area contributed by atoms with Crippen LogP contribution in [-0.2, 0) is 16.1 Å². The number of benzene rings is 1. The summed E-state index contributed by atoms with van der Waals surface area (Å²) in [7, 11) is 0. The van der Waals surface area contributed by atoms with Gasteiger partial charge in [0.05, 0.1) is 19.8 Å². The van der Waals surface area contributed by atoms with Crippen LogP contribution >= 0.6 is 0 Å². The van der Waals surface area contributed by atoms with Gasteiger partial charge in [0.15, 0.2) is 11.5 Å². The first-order chi connectivity index (χ1) is 11.6. The number of hydrogen-bond acceptors (Lipinski definition) is 5. The highest BCUT2D eigenvalue weighted by Crippen LogP contribution is 2.29. The van der Waals surface area contributed by atoms with Crippen molar-refractivity contribution in [3.63, 3.8) is 0 Å². The van der Waals surface area contributed by atoms with Crippen LogP contribution in [0, 0.1) is 0 Å². The van der Waals surface area contributed by atoms with Crippen molar-refractivity contribution < 1.29 is 27.8 Å². The summed E-state index contributed by atoms with van der Waals surface area (Å²) in [4.78, 5) is 11.9. The number of carbonyl (C=O) groups excluding carboxylic acids is 1. The fraction of sp³-hybridized carbons (Fsp3) is 0.562. The lowest BCUT2D eigenvalue weighted by molar-refractivity contribution is -0.122. The summed E-state index contributed by atoms with van der Waals surface area (Å²) in [5.74, 6) is 0.0984. The van der Waals surface area contributed by atoms with Gasteiger partial charge < -0.3 is 24.8 Å². The molecule has 1 aromatic carbocycles. The summed E-state index contributed by atoms with van der Waals surface area (Å²) >= 11 is 0. The summed E-state index contributed by atoms with van der Waals surface area (Å²) in [6.45, 7) is 1.35. The van der Waals surface area contributed by atoms with Gasteiger partial charge in [-0.25, -0.2) is 0 Å². The number of carbonyl (C=O) groups is 1. The maximum absolute atomic E-state index is 12.4. The Hall–Kier alpha value is -1.93. The van der Waals surface area contributed by atoms with E-state index in [1.165, 1.54) is 6.07 Å². The van der Waals surface area contributed by atoms with E-state index >= 15 is 0 Å². The molecule has 8 heteroatoms. The largest absolute Gasteiger partial charge is 0.490 e. The molecular formula is C16H22F2N2O4. The van der Waals surface area contributed by atoms with Crippen LogP contribution in [0.4, 0.5) is 8.78 Å². The van der Waals surface area contributed by atoms with Crippen LogP contribution in [0.1, 0.15) is 18.9 Å². The van der Waals surface area contributed by atoms with Crippen LogP contribution in [0.3, 0.4) is 0 Å². The number of alkyl halides is 2. The van der Waals surface area contributed by atoms with Crippen LogP contribution in [0.5, 0.6) is 11.5 Å². The number of rotatable bonds is 8. The molecule has 1 heterocycles. The zero-order valence-electron chi connectivity index (χ0n) is 13.5. The predicted octanol–water partition coefficient (Wildman–Crippen LogP) is 1.68. The molecule has 1 unspecified atom stereocenters. The van der Waals surface area contributed by atoms with Crippen LogP contribution in [0.2, 0.25) is 0 Å². The zero-order valence-corrected chi connectivity index (χ0v) is 13.5. The van der Waals surface area contributed by atoms with Gasteiger partial charge in [0.25, 0.3) is 0 Å². The molecule has 1 fully saturated rings. The summed E-state index contributed by atoms with van der Waals surface area (Å²) < 4.78 is 39.8. The molecule has 0 bridgehead atoms. The van der Waals surface area contributed by atoms with Crippen LogP contribution < -0.4 is 20.1 Å². The monoisotopic (exact) mass is 344 g/mol. The Bertz CT molecular complexity index is 537. The number of amides is 1. The second-order valence-electron chi connectivity index (χ2n) is 5.30. The van der Waals surface area contributed by atoms with Crippen molar-refractivity contribution >= 4 is 5.91 Å². The average Bonchev–Trinajstić information content (AvgIpc) is 2.56. The van der Waals surface area contributed by atoms with Gasteiger partial charge in [-0.2, -0.15) is 8.78 Å². The van der Waals surface area contributed by atoms with Crippen molar-refractivity contribution in [2.75, 3.05) is 26.4 Å². The van der Waals surface area contributed by atoms with E-state index in [0.29, 0.717) is 26.2 Å². The fourth-order valence-electron chi connectivity index (χ4n) is 2.37. The Labute approximate surface area is 139 Å². The summed E-state index contributed by atoms with van der Waals surface area (Å²) in [6, 6.07) is 4.63. The van der Waals surface area contributed by atoms with Gasteiger partial charge in [0.2, 0.25) is 5.91 Å². The highest BCUT2D eigenvalue weighted by atomic mass is 19.3. The SMILES string of the molecule is CCOc1cc(CNC(=O)CC2COCCN2)ccc1OC(F)F. The highest BCUT2D eigenvalue weighted by Gasteiger charge is 2.17. The van der Waals surface area contributed by atoms with Gasteiger partial charge in [-0.1, -0.05) is 6.07 Å². The Balaban J connectivity index is 1.89. The number of hydrogen-bond donors (Lipinski definition) is 2. The molecule has 1 aliphatic heterocycles. The molecule has 1 aliphatic rings. The second kappa shape index (κ2) is 9.39. The standard InChI is InChI=1S/C16H22F2N2O4/c1-2-23-14-7-11(3-4-13(14)24-16(17)18)9-20-15(21)8-12-10-22-6-5-19-12/h3-4,7,12,16,19H,2,5-6,8-10H2,1H3,(H,20,21). The van der Waals surface area contributed by atoms with E-state index < -0.39 is 6.61 Å². The zero-order chi connectivity index (χ0) is 17.4. The summed E-state index contributed by atoms with van der Waals surface area (Å²) in [6.07, 6.45) is 0.324. The summed E-state index contributed by atoms with van der Waals surface area (Å²) in [5.41, 5.74) is 0.737. The smallest absolute Gasteiger partial charge is 0.387 e. The average molecular weight is 344 g/mol. The molecular weight excluding hydrogens is 322 g/mol. The van der Waals surface area contributed by atoms with Gasteiger partial charge in [-0.15, -0.1) is 0 Å². The van der Waals surface area contributed by atoms with Crippen molar-refractivity contribution in [3.8, 4) is 11.5 Å². The Kier molecular flexibility index (Phi) is 7.20. The van der Waals surface area contributed by atoms with Gasteiger partial charge in [0, 0.05) is 25.6 Å². The third-order valence-corrected chi connectivity index (χ3v) is 3.44. The number of nitrogens with one attached hydrogen (secondary N) is 2. The van der Waals surface area contributed by atoms with Crippen molar-refractivity contribution in [2.24, 2.45) is 0 Å². The Morgan fingerprint density at radius 2 is 2.29 bits per heavy atom.